The predicted octanol–water partition coefficient (Wildman–Crippen LogP) is 3.28. The molecular formula is C19H16FN3O. The summed E-state index contributed by atoms with van der Waals surface area (Å²) in [5.74, 6) is -0.234. The standard InChI is InChI=1S/C19H16FN3O/c20-12-2-4-13-15(7-12)17-9-22-10-23(17)18(13)14-3-1-11-5-6-21-8-16(11)19(14)24/h2,4-10,14,18-19,24H,1,3H2. The van der Waals surface area contributed by atoms with Gasteiger partial charge < -0.3 is 9.67 Å². The van der Waals surface area contributed by atoms with E-state index in [1.807, 2.05) is 12.1 Å². The third-order valence-electron chi connectivity index (χ3n) is 5.40. The number of aromatic nitrogens is 3. The van der Waals surface area contributed by atoms with E-state index in [1.54, 1.807) is 31.0 Å². The van der Waals surface area contributed by atoms with Crippen molar-refractivity contribution in [3.05, 3.63) is 71.7 Å². The lowest BCUT2D eigenvalue weighted by Crippen LogP contribution is -2.28. The molecule has 120 valence electrons. The highest BCUT2D eigenvalue weighted by molar-refractivity contribution is 5.69. The predicted molar refractivity (Wildman–Crippen MR) is 86.8 cm³/mol. The van der Waals surface area contributed by atoms with Crippen LogP contribution < -0.4 is 0 Å². The van der Waals surface area contributed by atoms with Gasteiger partial charge in [-0.25, -0.2) is 9.37 Å². The lowest BCUT2D eigenvalue weighted by atomic mass is 9.76. The molecule has 4 nitrogen and oxygen atoms in total. The smallest absolute Gasteiger partial charge is 0.123 e. The van der Waals surface area contributed by atoms with Crippen molar-refractivity contribution < 1.29 is 9.50 Å². The van der Waals surface area contributed by atoms with Gasteiger partial charge in [-0.2, -0.15) is 0 Å². The molecule has 0 radical (unpaired) electrons. The number of imidazole rings is 1. The Morgan fingerprint density at radius 2 is 2.04 bits per heavy atom. The van der Waals surface area contributed by atoms with Crippen LogP contribution in [0.15, 0.2) is 49.2 Å². The Hall–Kier alpha value is -2.53. The SMILES string of the molecule is OC1c2cnccc2CCC1C1c2ccc(F)cc2-c2cncn21. The van der Waals surface area contributed by atoms with Crippen LogP contribution in [0.2, 0.25) is 0 Å². The Balaban J connectivity index is 1.64. The van der Waals surface area contributed by atoms with Crippen molar-refractivity contribution in [3.8, 4) is 11.3 Å². The van der Waals surface area contributed by atoms with Gasteiger partial charge in [0.15, 0.2) is 0 Å². The normalized spacial score (nSPS) is 24.3. The summed E-state index contributed by atoms with van der Waals surface area (Å²) in [5.41, 5.74) is 4.92. The number of aliphatic hydroxyl groups excluding tert-OH is 1. The molecule has 1 aliphatic heterocycles. The van der Waals surface area contributed by atoms with Crippen molar-refractivity contribution in [1.29, 1.82) is 0 Å². The second kappa shape index (κ2) is 4.98. The van der Waals surface area contributed by atoms with Gasteiger partial charge in [-0.3, -0.25) is 4.98 Å². The molecule has 1 aromatic carbocycles. The number of fused-ring (bicyclic) bond motifs is 4. The maximum Gasteiger partial charge on any atom is 0.123 e. The molecule has 2 aliphatic rings. The van der Waals surface area contributed by atoms with Gasteiger partial charge in [-0.05, 0) is 42.2 Å². The fraction of sp³-hybridized carbons (Fsp3) is 0.263. The van der Waals surface area contributed by atoms with Crippen LogP contribution in [0.5, 0.6) is 0 Å². The third-order valence-corrected chi connectivity index (χ3v) is 5.40. The molecule has 0 saturated carbocycles. The lowest BCUT2D eigenvalue weighted by Gasteiger charge is -2.35. The maximum absolute atomic E-state index is 13.7. The molecule has 3 heterocycles. The second-order valence-corrected chi connectivity index (χ2v) is 6.58. The fourth-order valence-electron chi connectivity index (χ4n) is 4.30. The van der Waals surface area contributed by atoms with E-state index < -0.39 is 6.10 Å². The molecule has 0 amide bonds. The van der Waals surface area contributed by atoms with Gasteiger partial charge in [0.1, 0.15) is 5.82 Å². The molecular weight excluding hydrogens is 305 g/mol. The van der Waals surface area contributed by atoms with E-state index in [4.69, 9.17) is 0 Å². The molecule has 3 atom stereocenters. The van der Waals surface area contributed by atoms with Crippen LogP contribution in [-0.2, 0) is 6.42 Å². The number of nitrogens with zero attached hydrogens (tertiary/aromatic N) is 3. The van der Waals surface area contributed by atoms with Crippen LogP contribution in [0.1, 0.15) is 35.3 Å². The molecule has 5 heteroatoms. The van der Waals surface area contributed by atoms with Crippen LogP contribution in [0.3, 0.4) is 0 Å². The van der Waals surface area contributed by atoms with Crippen LogP contribution >= 0.6 is 0 Å². The maximum atomic E-state index is 13.7. The highest BCUT2D eigenvalue weighted by atomic mass is 19.1. The quantitative estimate of drug-likeness (QED) is 0.748. The highest BCUT2D eigenvalue weighted by Gasteiger charge is 2.40. The van der Waals surface area contributed by atoms with E-state index in [9.17, 15) is 9.50 Å². The number of halogens is 1. The van der Waals surface area contributed by atoms with Gasteiger partial charge in [0.05, 0.1) is 30.4 Å². The van der Waals surface area contributed by atoms with Crippen molar-refractivity contribution in [3.63, 3.8) is 0 Å². The topological polar surface area (TPSA) is 50.9 Å². The minimum atomic E-state index is -0.585. The summed E-state index contributed by atoms with van der Waals surface area (Å²) in [4.78, 5) is 8.40. The first-order valence-electron chi connectivity index (χ1n) is 8.16. The van der Waals surface area contributed by atoms with E-state index in [0.717, 1.165) is 40.8 Å². The van der Waals surface area contributed by atoms with Gasteiger partial charge >= 0.3 is 0 Å². The zero-order valence-corrected chi connectivity index (χ0v) is 12.9. The fourth-order valence-corrected chi connectivity index (χ4v) is 4.30. The Morgan fingerprint density at radius 1 is 1.12 bits per heavy atom. The summed E-state index contributed by atoms with van der Waals surface area (Å²) in [5, 5.41) is 11.0. The molecule has 3 aromatic rings. The van der Waals surface area contributed by atoms with E-state index in [1.165, 1.54) is 6.07 Å². The zero-order valence-electron chi connectivity index (χ0n) is 12.9. The van der Waals surface area contributed by atoms with Crippen molar-refractivity contribution in [2.45, 2.75) is 25.0 Å². The lowest BCUT2D eigenvalue weighted by molar-refractivity contribution is 0.0716. The molecule has 1 aliphatic carbocycles. The summed E-state index contributed by atoms with van der Waals surface area (Å²) in [7, 11) is 0. The number of hydrogen-bond donors (Lipinski definition) is 1. The molecule has 0 spiro atoms. The highest BCUT2D eigenvalue weighted by Crippen LogP contribution is 2.49. The summed E-state index contributed by atoms with van der Waals surface area (Å²) in [6, 6.07) is 6.86. The van der Waals surface area contributed by atoms with Gasteiger partial charge in [0, 0.05) is 29.4 Å². The largest absolute Gasteiger partial charge is 0.388 e. The Kier molecular flexibility index (Phi) is 2.88. The number of hydrogen-bond acceptors (Lipinski definition) is 3. The van der Waals surface area contributed by atoms with Gasteiger partial charge in [0.25, 0.3) is 0 Å². The van der Waals surface area contributed by atoms with E-state index in [0.29, 0.717) is 0 Å². The molecule has 0 bridgehead atoms. The van der Waals surface area contributed by atoms with Crippen LogP contribution in [0.25, 0.3) is 11.3 Å². The molecule has 0 saturated heterocycles. The number of aryl methyl sites for hydroxylation is 1. The minimum Gasteiger partial charge on any atom is -0.388 e. The average Bonchev–Trinajstić information content (AvgIpc) is 3.17. The number of rotatable bonds is 1. The zero-order chi connectivity index (χ0) is 16.3. The van der Waals surface area contributed by atoms with Gasteiger partial charge in [0.2, 0.25) is 0 Å². The summed E-state index contributed by atoms with van der Waals surface area (Å²) < 4.78 is 15.8. The second-order valence-electron chi connectivity index (χ2n) is 6.58. The van der Waals surface area contributed by atoms with E-state index in [2.05, 4.69) is 14.5 Å². The van der Waals surface area contributed by atoms with Crippen LogP contribution in [0, 0.1) is 11.7 Å². The number of aliphatic hydroxyl groups is 1. The molecule has 5 rings (SSSR count). The Bertz CT molecular complexity index is 936. The molecule has 24 heavy (non-hydrogen) atoms. The van der Waals surface area contributed by atoms with Crippen molar-refractivity contribution in [2.24, 2.45) is 5.92 Å². The van der Waals surface area contributed by atoms with E-state index in [-0.39, 0.29) is 17.8 Å². The number of benzene rings is 1. The van der Waals surface area contributed by atoms with Crippen molar-refractivity contribution in [2.75, 3.05) is 0 Å². The molecule has 0 fully saturated rings. The molecule has 1 N–H and O–H groups in total. The van der Waals surface area contributed by atoms with Gasteiger partial charge in [-0.1, -0.05) is 6.07 Å². The first kappa shape index (κ1) is 13.9. The van der Waals surface area contributed by atoms with Crippen molar-refractivity contribution >= 4 is 0 Å². The third kappa shape index (κ3) is 1.82. The molecule has 2 aromatic heterocycles. The Morgan fingerprint density at radius 3 is 2.96 bits per heavy atom. The first-order chi connectivity index (χ1) is 11.7. The average molecular weight is 321 g/mol. The molecule has 3 unspecified atom stereocenters. The van der Waals surface area contributed by atoms with Crippen LogP contribution in [0.4, 0.5) is 4.39 Å². The van der Waals surface area contributed by atoms with E-state index >= 15 is 0 Å². The first-order valence-corrected chi connectivity index (χ1v) is 8.16. The summed E-state index contributed by atoms with van der Waals surface area (Å²) >= 11 is 0. The summed E-state index contributed by atoms with van der Waals surface area (Å²) in [6.45, 7) is 0. The number of pyridine rings is 1. The van der Waals surface area contributed by atoms with Crippen LogP contribution in [-0.4, -0.2) is 19.6 Å². The minimum absolute atomic E-state index is 0.0151. The van der Waals surface area contributed by atoms with Crippen molar-refractivity contribution in [1.82, 2.24) is 14.5 Å². The summed E-state index contributed by atoms with van der Waals surface area (Å²) in [6.07, 6.45) is 8.29. The monoisotopic (exact) mass is 321 g/mol. The van der Waals surface area contributed by atoms with Gasteiger partial charge in [-0.15, -0.1) is 0 Å². The Labute approximate surface area is 138 Å².